The van der Waals surface area contributed by atoms with Crippen LogP contribution in [0.1, 0.15) is 27.2 Å². The Hall–Kier alpha value is -2.53. The van der Waals surface area contributed by atoms with E-state index >= 15 is 0 Å². The highest BCUT2D eigenvalue weighted by Crippen LogP contribution is 2.10. The minimum Gasteiger partial charge on any atom is -0.454 e. The average molecular weight is 403 g/mol. The first-order chi connectivity index (χ1) is 12.5. The highest BCUT2D eigenvalue weighted by Gasteiger charge is 2.24. The molecule has 3 amide bonds. The van der Waals surface area contributed by atoms with Crippen molar-refractivity contribution in [2.75, 3.05) is 6.61 Å². The number of amides is 3. The van der Waals surface area contributed by atoms with Crippen LogP contribution >= 0.6 is 0 Å². The SMILES string of the molecule is CC[C@@H](C)NC(=O)NC(=O)COC(=O)[C@H](C)NS(=O)(=O)c1ccc(F)cc1. The van der Waals surface area contributed by atoms with Crippen LogP contribution in [0.2, 0.25) is 0 Å². The van der Waals surface area contributed by atoms with Gasteiger partial charge in [0.2, 0.25) is 10.0 Å². The molecule has 0 fully saturated rings. The van der Waals surface area contributed by atoms with E-state index in [2.05, 4.69) is 14.8 Å². The molecule has 0 aliphatic carbocycles. The number of hydrogen-bond acceptors (Lipinski definition) is 6. The molecule has 2 atom stereocenters. The molecule has 0 heterocycles. The highest BCUT2D eigenvalue weighted by molar-refractivity contribution is 7.89. The molecule has 1 aromatic rings. The second kappa shape index (κ2) is 9.97. The van der Waals surface area contributed by atoms with Crippen LogP contribution in [0.3, 0.4) is 0 Å². The van der Waals surface area contributed by atoms with Gasteiger partial charge in [0.1, 0.15) is 11.9 Å². The van der Waals surface area contributed by atoms with Gasteiger partial charge in [-0.2, -0.15) is 4.72 Å². The summed E-state index contributed by atoms with van der Waals surface area (Å²) in [6.07, 6.45) is 0.669. The number of ether oxygens (including phenoxy) is 1. The van der Waals surface area contributed by atoms with Gasteiger partial charge in [-0.25, -0.2) is 17.6 Å². The van der Waals surface area contributed by atoms with Crippen LogP contribution in [0, 0.1) is 5.82 Å². The Morgan fingerprint density at radius 2 is 1.74 bits per heavy atom. The van der Waals surface area contributed by atoms with Crippen LogP contribution in [-0.4, -0.2) is 45.0 Å². The molecule has 0 radical (unpaired) electrons. The molecule has 0 saturated carbocycles. The van der Waals surface area contributed by atoms with Crippen molar-refractivity contribution in [2.24, 2.45) is 0 Å². The van der Waals surface area contributed by atoms with E-state index in [0.29, 0.717) is 6.42 Å². The second-order valence-corrected chi connectivity index (χ2v) is 7.45. The fraction of sp³-hybridized carbons (Fsp3) is 0.438. The van der Waals surface area contributed by atoms with E-state index in [0.717, 1.165) is 24.3 Å². The standard InChI is InChI=1S/C16H22FN3O6S/c1-4-10(2)18-16(23)19-14(21)9-26-15(22)11(3)20-27(24,25)13-7-5-12(17)6-8-13/h5-8,10-11,20H,4,9H2,1-3H3,(H2,18,19,21,23)/t10-,11+/m1/s1. The minimum atomic E-state index is -4.08. The summed E-state index contributed by atoms with van der Waals surface area (Å²) in [6.45, 7) is 4.06. The maximum atomic E-state index is 12.9. The van der Waals surface area contributed by atoms with Crippen molar-refractivity contribution in [3.05, 3.63) is 30.1 Å². The van der Waals surface area contributed by atoms with Gasteiger partial charge in [0.05, 0.1) is 4.90 Å². The van der Waals surface area contributed by atoms with Crippen molar-refractivity contribution in [1.82, 2.24) is 15.4 Å². The molecule has 3 N–H and O–H groups in total. The number of carbonyl (C=O) groups excluding carboxylic acids is 3. The minimum absolute atomic E-state index is 0.138. The summed E-state index contributed by atoms with van der Waals surface area (Å²) in [4.78, 5) is 34.6. The summed E-state index contributed by atoms with van der Waals surface area (Å²) in [6, 6.07) is 1.84. The summed E-state index contributed by atoms with van der Waals surface area (Å²) in [5.74, 6) is -2.49. The van der Waals surface area contributed by atoms with E-state index in [1.165, 1.54) is 6.92 Å². The normalized spacial score (nSPS) is 13.3. The van der Waals surface area contributed by atoms with Crippen molar-refractivity contribution in [3.63, 3.8) is 0 Å². The topological polar surface area (TPSA) is 131 Å². The first-order valence-electron chi connectivity index (χ1n) is 8.10. The third kappa shape index (κ3) is 7.71. The number of esters is 1. The lowest BCUT2D eigenvalue weighted by atomic mass is 10.3. The first-order valence-corrected chi connectivity index (χ1v) is 9.58. The van der Waals surface area contributed by atoms with Crippen LogP contribution in [0.4, 0.5) is 9.18 Å². The number of nitrogens with one attached hydrogen (secondary N) is 3. The van der Waals surface area contributed by atoms with Crippen molar-refractivity contribution in [3.8, 4) is 0 Å². The second-order valence-electron chi connectivity index (χ2n) is 5.74. The zero-order valence-electron chi connectivity index (χ0n) is 15.1. The zero-order valence-corrected chi connectivity index (χ0v) is 15.9. The molecular weight excluding hydrogens is 381 g/mol. The smallest absolute Gasteiger partial charge is 0.324 e. The molecule has 27 heavy (non-hydrogen) atoms. The van der Waals surface area contributed by atoms with Crippen LogP contribution < -0.4 is 15.4 Å². The summed E-state index contributed by atoms with van der Waals surface area (Å²) < 4.78 is 43.8. The molecular formula is C16H22FN3O6S. The fourth-order valence-electron chi connectivity index (χ4n) is 1.75. The number of carbonyl (C=O) groups is 3. The number of halogens is 1. The van der Waals surface area contributed by atoms with E-state index in [1.807, 2.05) is 12.2 Å². The third-order valence-electron chi connectivity index (χ3n) is 3.40. The molecule has 0 spiro atoms. The predicted octanol–water partition coefficient (Wildman–Crippen LogP) is 0.660. The van der Waals surface area contributed by atoms with E-state index in [9.17, 15) is 27.2 Å². The Kier molecular flexibility index (Phi) is 8.32. The predicted molar refractivity (Wildman–Crippen MR) is 93.6 cm³/mol. The summed E-state index contributed by atoms with van der Waals surface area (Å²) in [7, 11) is -4.08. The van der Waals surface area contributed by atoms with E-state index < -0.39 is 46.4 Å². The Balaban J connectivity index is 2.51. The number of imide groups is 1. The maximum Gasteiger partial charge on any atom is 0.324 e. The lowest BCUT2D eigenvalue weighted by molar-refractivity contribution is -0.149. The zero-order chi connectivity index (χ0) is 20.6. The van der Waals surface area contributed by atoms with E-state index in [4.69, 9.17) is 0 Å². The number of rotatable bonds is 8. The molecule has 150 valence electrons. The van der Waals surface area contributed by atoms with E-state index in [-0.39, 0.29) is 10.9 Å². The molecule has 1 aromatic carbocycles. The molecule has 0 saturated heterocycles. The molecule has 9 nitrogen and oxygen atoms in total. The van der Waals surface area contributed by atoms with Gasteiger partial charge in [0, 0.05) is 6.04 Å². The number of urea groups is 1. The van der Waals surface area contributed by atoms with Crippen molar-refractivity contribution < 1.29 is 31.9 Å². The lowest BCUT2D eigenvalue weighted by Crippen LogP contribution is -2.45. The highest BCUT2D eigenvalue weighted by atomic mass is 32.2. The molecule has 1 rings (SSSR count). The van der Waals surface area contributed by atoms with Crippen LogP contribution in [0.25, 0.3) is 0 Å². The molecule has 0 aliphatic heterocycles. The van der Waals surface area contributed by atoms with Gasteiger partial charge < -0.3 is 10.1 Å². The first kappa shape index (κ1) is 22.5. The Morgan fingerprint density at radius 3 is 2.30 bits per heavy atom. The van der Waals surface area contributed by atoms with Crippen molar-refractivity contribution in [2.45, 2.75) is 44.2 Å². The Bertz CT molecular complexity index is 782. The Morgan fingerprint density at radius 1 is 1.15 bits per heavy atom. The molecule has 0 bridgehead atoms. The van der Waals surface area contributed by atoms with Gasteiger partial charge in [0.15, 0.2) is 6.61 Å². The number of sulfonamides is 1. The van der Waals surface area contributed by atoms with Crippen LogP contribution in [0.5, 0.6) is 0 Å². The quantitative estimate of drug-likeness (QED) is 0.547. The lowest BCUT2D eigenvalue weighted by Gasteiger charge is -2.14. The molecule has 11 heteroatoms. The van der Waals surface area contributed by atoms with Gasteiger partial charge in [-0.05, 0) is 44.5 Å². The van der Waals surface area contributed by atoms with E-state index in [1.54, 1.807) is 6.92 Å². The van der Waals surface area contributed by atoms with Crippen molar-refractivity contribution >= 4 is 27.9 Å². The number of benzene rings is 1. The maximum absolute atomic E-state index is 12.9. The van der Waals surface area contributed by atoms with Gasteiger partial charge in [0.25, 0.3) is 5.91 Å². The monoisotopic (exact) mass is 403 g/mol. The average Bonchev–Trinajstić information content (AvgIpc) is 2.59. The van der Waals surface area contributed by atoms with Gasteiger partial charge >= 0.3 is 12.0 Å². The van der Waals surface area contributed by atoms with Gasteiger partial charge in [-0.3, -0.25) is 14.9 Å². The molecule has 0 aliphatic rings. The van der Waals surface area contributed by atoms with Crippen LogP contribution in [-0.2, 0) is 24.3 Å². The van der Waals surface area contributed by atoms with Gasteiger partial charge in [-0.1, -0.05) is 6.92 Å². The largest absolute Gasteiger partial charge is 0.454 e. The Labute approximate surface area is 156 Å². The van der Waals surface area contributed by atoms with Gasteiger partial charge in [-0.15, -0.1) is 0 Å². The van der Waals surface area contributed by atoms with Crippen LogP contribution in [0.15, 0.2) is 29.2 Å². The summed E-state index contributed by atoms with van der Waals surface area (Å²) in [5, 5.41) is 4.47. The third-order valence-corrected chi connectivity index (χ3v) is 4.95. The summed E-state index contributed by atoms with van der Waals surface area (Å²) >= 11 is 0. The fourth-order valence-corrected chi connectivity index (χ4v) is 2.94. The molecule has 0 aromatic heterocycles. The molecule has 0 unspecified atom stereocenters. The number of hydrogen-bond donors (Lipinski definition) is 3. The summed E-state index contributed by atoms with van der Waals surface area (Å²) in [5.41, 5.74) is 0. The van der Waals surface area contributed by atoms with Crippen molar-refractivity contribution in [1.29, 1.82) is 0 Å².